The number of anilines is 1. The fourth-order valence-electron chi connectivity index (χ4n) is 3.59. The van der Waals surface area contributed by atoms with Crippen LogP contribution in [0.25, 0.3) is 10.2 Å². The predicted octanol–water partition coefficient (Wildman–Crippen LogP) is 3.73. The van der Waals surface area contributed by atoms with Gasteiger partial charge < -0.3 is 4.98 Å². The van der Waals surface area contributed by atoms with Crippen molar-refractivity contribution in [1.82, 2.24) is 19.9 Å². The number of hydrogen-bond acceptors (Lipinski definition) is 7. The maximum absolute atomic E-state index is 12.6. The lowest BCUT2D eigenvalue weighted by Gasteiger charge is -2.30. The molecule has 158 valence electrons. The van der Waals surface area contributed by atoms with Crippen molar-refractivity contribution in [2.45, 2.75) is 32.1 Å². The highest BCUT2D eigenvalue weighted by Crippen LogP contribution is 2.28. The van der Waals surface area contributed by atoms with Crippen LogP contribution in [0.3, 0.4) is 0 Å². The second kappa shape index (κ2) is 9.28. The second-order valence-electron chi connectivity index (χ2n) is 7.74. The summed E-state index contributed by atoms with van der Waals surface area (Å²) in [5.74, 6) is 1.42. The zero-order chi connectivity index (χ0) is 21.1. The Morgan fingerprint density at radius 2 is 2.10 bits per heavy atom. The maximum Gasteiger partial charge on any atom is 0.276 e. The van der Waals surface area contributed by atoms with Gasteiger partial charge in [0.2, 0.25) is 0 Å². The minimum Gasteiger partial charge on any atom is -0.310 e. The van der Waals surface area contributed by atoms with Gasteiger partial charge >= 0.3 is 0 Å². The number of rotatable bonds is 6. The van der Waals surface area contributed by atoms with Gasteiger partial charge in [0.25, 0.3) is 11.5 Å². The van der Waals surface area contributed by atoms with Gasteiger partial charge in [0, 0.05) is 12.6 Å². The van der Waals surface area contributed by atoms with Crippen molar-refractivity contribution in [2.24, 2.45) is 5.92 Å². The molecule has 3 aromatic rings. The number of aromatic amines is 1. The number of nitrogens with zero attached hydrogens (tertiary/aromatic N) is 3. The molecule has 9 heteroatoms. The average Bonchev–Trinajstić information content (AvgIpc) is 3.11. The third kappa shape index (κ3) is 5.08. The van der Waals surface area contributed by atoms with Crippen molar-refractivity contribution in [1.29, 1.82) is 0 Å². The number of hydrogen-bond donors (Lipinski definition) is 2. The molecule has 30 heavy (non-hydrogen) atoms. The summed E-state index contributed by atoms with van der Waals surface area (Å²) in [6, 6.07) is 7.48. The summed E-state index contributed by atoms with van der Waals surface area (Å²) in [6.07, 6.45) is 4.43. The Morgan fingerprint density at radius 1 is 1.30 bits per heavy atom. The van der Waals surface area contributed by atoms with Crippen LogP contribution in [0.4, 0.5) is 5.13 Å². The van der Waals surface area contributed by atoms with E-state index < -0.39 is 5.91 Å². The third-order valence-electron chi connectivity index (χ3n) is 5.26. The number of likely N-dealkylation sites (tertiary alicyclic amines) is 1. The highest BCUT2D eigenvalue weighted by molar-refractivity contribution is 7.97. The van der Waals surface area contributed by atoms with E-state index in [-0.39, 0.29) is 11.3 Å². The predicted molar refractivity (Wildman–Crippen MR) is 123 cm³/mol. The number of thioether (sulfide) groups is 1. The summed E-state index contributed by atoms with van der Waals surface area (Å²) in [5.41, 5.74) is 1.88. The largest absolute Gasteiger partial charge is 0.310 e. The van der Waals surface area contributed by atoms with Crippen LogP contribution >= 0.6 is 23.1 Å². The highest BCUT2D eigenvalue weighted by atomic mass is 32.2. The molecule has 1 aromatic carbocycles. The van der Waals surface area contributed by atoms with E-state index in [2.05, 4.69) is 44.2 Å². The summed E-state index contributed by atoms with van der Waals surface area (Å²) in [7, 11) is 0. The lowest BCUT2D eigenvalue weighted by atomic mass is 9.99. The van der Waals surface area contributed by atoms with Crippen molar-refractivity contribution in [3.05, 3.63) is 51.7 Å². The summed E-state index contributed by atoms with van der Waals surface area (Å²) in [4.78, 5) is 38.3. The molecule has 0 unspecified atom stereocenters. The number of aromatic nitrogens is 3. The molecule has 1 fully saturated rings. The summed E-state index contributed by atoms with van der Waals surface area (Å²) >= 11 is 2.96. The van der Waals surface area contributed by atoms with Crippen molar-refractivity contribution >= 4 is 44.4 Å². The zero-order valence-electron chi connectivity index (χ0n) is 17.1. The van der Waals surface area contributed by atoms with E-state index in [4.69, 9.17) is 0 Å². The Balaban J connectivity index is 1.47. The molecule has 1 saturated heterocycles. The fraction of sp³-hybridized carbons (Fsp3) is 0.429. The summed E-state index contributed by atoms with van der Waals surface area (Å²) in [6.45, 7) is 5.55. The Hall–Kier alpha value is -2.23. The topological polar surface area (TPSA) is 91.0 Å². The van der Waals surface area contributed by atoms with Crippen LogP contribution in [0.1, 0.15) is 41.6 Å². The van der Waals surface area contributed by atoms with Gasteiger partial charge in [0.05, 0.1) is 16.0 Å². The van der Waals surface area contributed by atoms with Crippen LogP contribution in [0, 0.1) is 5.92 Å². The van der Waals surface area contributed by atoms with Gasteiger partial charge in [-0.1, -0.05) is 24.3 Å². The first kappa shape index (κ1) is 21.0. The molecule has 1 aliphatic rings. The molecule has 3 heterocycles. The molecule has 2 aromatic heterocycles. The van der Waals surface area contributed by atoms with Gasteiger partial charge in [0.15, 0.2) is 5.13 Å². The molecule has 0 aliphatic carbocycles. The maximum atomic E-state index is 12.6. The molecule has 0 radical (unpaired) electrons. The van der Waals surface area contributed by atoms with Crippen LogP contribution in [0.15, 0.2) is 29.1 Å². The lowest BCUT2D eigenvalue weighted by Crippen LogP contribution is -2.32. The van der Waals surface area contributed by atoms with E-state index in [9.17, 15) is 9.59 Å². The minimum absolute atomic E-state index is 0.0991. The first-order valence-electron chi connectivity index (χ1n) is 10.0. The molecule has 0 atom stereocenters. The van der Waals surface area contributed by atoms with Crippen molar-refractivity contribution in [3.63, 3.8) is 0 Å². The van der Waals surface area contributed by atoms with Crippen molar-refractivity contribution in [3.8, 4) is 0 Å². The molecular weight excluding hydrogens is 418 g/mol. The number of carbonyl (C=O) groups excluding carboxylic acids is 1. The fourth-order valence-corrected chi connectivity index (χ4v) is 4.92. The SMILES string of the molecule is CSCc1nc(C(=O)Nc2nc3ccc(CN4CCC(C)CC4)cc3s2)cc(=O)[nH]1. The molecule has 4 rings (SSSR count). The molecule has 7 nitrogen and oxygen atoms in total. The minimum atomic E-state index is -0.426. The number of carbonyl (C=O) groups is 1. The monoisotopic (exact) mass is 443 g/mol. The normalized spacial score (nSPS) is 15.5. The van der Waals surface area contributed by atoms with Crippen LogP contribution in [-0.2, 0) is 12.3 Å². The molecular formula is C21H25N5O2S2. The van der Waals surface area contributed by atoms with E-state index in [1.165, 1.54) is 47.6 Å². The van der Waals surface area contributed by atoms with E-state index >= 15 is 0 Å². The van der Waals surface area contributed by atoms with Crippen LogP contribution in [-0.4, -0.2) is 45.1 Å². The van der Waals surface area contributed by atoms with Crippen molar-refractivity contribution < 1.29 is 4.79 Å². The Labute approximate surface area is 183 Å². The average molecular weight is 444 g/mol. The summed E-state index contributed by atoms with van der Waals surface area (Å²) < 4.78 is 1.04. The van der Waals surface area contributed by atoms with Crippen LogP contribution in [0.2, 0.25) is 0 Å². The van der Waals surface area contributed by atoms with E-state index in [0.29, 0.717) is 16.7 Å². The number of fused-ring (bicyclic) bond motifs is 1. The quantitative estimate of drug-likeness (QED) is 0.603. The third-order valence-corrected chi connectivity index (χ3v) is 6.76. The van der Waals surface area contributed by atoms with Crippen LogP contribution in [0.5, 0.6) is 0 Å². The number of piperidine rings is 1. The smallest absolute Gasteiger partial charge is 0.276 e. The van der Waals surface area contributed by atoms with E-state index in [0.717, 1.165) is 35.8 Å². The number of benzene rings is 1. The number of H-pyrrole nitrogens is 1. The van der Waals surface area contributed by atoms with E-state index in [1.54, 1.807) is 0 Å². The number of thiazole rings is 1. The standard InChI is InChI=1S/C21H25N5O2S2/c1-13-5-7-26(8-6-13)11-14-3-4-15-17(9-14)30-21(23-15)25-20(28)16-10-19(27)24-18(22-16)12-29-2/h3-4,9-10,13H,5-8,11-12H2,1-2H3,(H,22,24,27)(H,23,25,28). The van der Waals surface area contributed by atoms with Gasteiger partial charge in [-0.2, -0.15) is 11.8 Å². The summed E-state index contributed by atoms with van der Waals surface area (Å²) in [5, 5.41) is 3.29. The first-order valence-corrected chi connectivity index (χ1v) is 12.2. The molecule has 2 N–H and O–H groups in total. The molecule has 0 saturated carbocycles. The molecule has 0 bridgehead atoms. The van der Waals surface area contributed by atoms with Gasteiger partial charge in [-0.25, -0.2) is 9.97 Å². The Morgan fingerprint density at radius 3 is 2.87 bits per heavy atom. The number of nitrogens with one attached hydrogen (secondary N) is 2. The van der Waals surface area contributed by atoms with Gasteiger partial charge in [-0.05, 0) is 55.8 Å². The van der Waals surface area contributed by atoms with Gasteiger partial charge in [-0.3, -0.25) is 19.8 Å². The van der Waals surface area contributed by atoms with Crippen LogP contribution < -0.4 is 10.9 Å². The van der Waals surface area contributed by atoms with Gasteiger partial charge in [-0.15, -0.1) is 0 Å². The first-order chi connectivity index (χ1) is 14.5. The van der Waals surface area contributed by atoms with Crippen molar-refractivity contribution in [2.75, 3.05) is 24.7 Å². The molecule has 1 amide bonds. The molecule has 1 aliphatic heterocycles. The molecule has 0 spiro atoms. The second-order valence-corrected chi connectivity index (χ2v) is 9.64. The number of amides is 1. The Bertz CT molecular complexity index is 1100. The lowest BCUT2D eigenvalue weighted by molar-refractivity contribution is 0.102. The van der Waals surface area contributed by atoms with Gasteiger partial charge in [0.1, 0.15) is 11.5 Å². The van der Waals surface area contributed by atoms with E-state index in [1.807, 2.05) is 12.3 Å². The highest BCUT2D eigenvalue weighted by Gasteiger charge is 2.17. The zero-order valence-corrected chi connectivity index (χ0v) is 18.7. The Kier molecular flexibility index (Phi) is 6.50.